The van der Waals surface area contributed by atoms with Crippen LogP contribution in [0, 0.1) is 0 Å². The highest BCUT2D eigenvalue weighted by Crippen LogP contribution is 2.15. The number of carbonyl (C=O) groups excluding carboxylic acids is 1. The van der Waals surface area contributed by atoms with Crippen LogP contribution in [0.5, 0.6) is 0 Å². The first kappa shape index (κ1) is 15.9. The number of aryl methyl sites for hydroxylation is 1. The van der Waals surface area contributed by atoms with Crippen LogP contribution in [-0.4, -0.2) is 26.1 Å². The maximum Gasteiger partial charge on any atom is 0.220 e. The molecule has 3 rings (SSSR count). The van der Waals surface area contributed by atoms with E-state index in [0.717, 1.165) is 17.5 Å². The van der Waals surface area contributed by atoms with Crippen LogP contribution in [0.3, 0.4) is 0 Å². The second kappa shape index (κ2) is 7.50. The predicted molar refractivity (Wildman–Crippen MR) is 90.9 cm³/mol. The quantitative estimate of drug-likeness (QED) is 0.731. The molecule has 6 heteroatoms. The summed E-state index contributed by atoms with van der Waals surface area (Å²) in [6.07, 6.45) is 4.57. The van der Waals surface area contributed by atoms with Gasteiger partial charge in [0, 0.05) is 24.4 Å². The van der Waals surface area contributed by atoms with Crippen LogP contribution in [-0.2, 0) is 11.2 Å². The van der Waals surface area contributed by atoms with Crippen molar-refractivity contribution < 1.29 is 4.79 Å². The number of nitrogens with zero attached hydrogens (tertiary/aromatic N) is 3. The lowest BCUT2D eigenvalue weighted by Crippen LogP contribution is -2.27. The molecular formula is C18H19N5O. The summed E-state index contributed by atoms with van der Waals surface area (Å²) in [5.74, 6) is 1.19. The van der Waals surface area contributed by atoms with Gasteiger partial charge in [-0.05, 0) is 31.0 Å². The Balaban J connectivity index is 1.56. The third-order valence-electron chi connectivity index (χ3n) is 3.69. The molecule has 122 valence electrons. The second-order valence-electron chi connectivity index (χ2n) is 5.56. The first-order chi connectivity index (χ1) is 11.7. The van der Waals surface area contributed by atoms with Gasteiger partial charge in [-0.1, -0.05) is 30.3 Å². The first-order valence-corrected chi connectivity index (χ1v) is 7.88. The smallest absolute Gasteiger partial charge is 0.220 e. The summed E-state index contributed by atoms with van der Waals surface area (Å²) in [4.78, 5) is 20.6. The van der Waals surface area contributed by atoms with Gasteiger partial charge in [0.1, 0.15) is 5.82 Å². The van der Waals surface area contributed by atoms with Crippen molar-refractivity contribution in [1.82, 2.24) is 25.5 Å². The Morgan fingerprint density at radius 1 is 1.21 bits per heavy atom. The molecule has 2 heterocycles. The fourth-order valence-corrected chi connectivity index (χ4v) is 2.38. The fourth-order valence-electron chi connectivity index (χ4n) is 2.38. The predicted octanol–water partition coefficient (Wildman–Crippen LogP) is 2.68. The summed E-state index contributed by atoms with van der Waals surface area (Å²) in [5, 5.41) is 10.0. The lowest BCUT2D eigenvalue weighted by atomic mass is 10.1. The summed E-state index contributed by atoms with van der Waals surface area (Å²) in [6.45, 7) is 1.88. The van der Waals surface area contributed by atoms with E-state index in [-0.39, 0.29) is 11.9 Å². The SMILES string of the molecule is CC(NC(=O)CCc1ccccc1)c1nc(-c2cccnc2)n[nH]1. The largest absolute Gasteiger partial charge is 0.346 e. The van der Waals surface area contributed by atoms with Gasteiger partial charge in [0.15, 0.2) is 5.82 Å². The standard InChI is InChI=1S/C18H19N5O/c1-13(20-16(24)10-9-14-6-3-2-4-7-14)17-21-18(23-22-17)15-8-5-11-19-12-15/h2-8,11-13H,9-10H2,1H3,(H,20,24)(H,21,22,23). The zero-order valence-electron chi connectivity index (χ0n) is 13.4. The average molecular weight is 321 g/mol. The number of rotatable bonds is 6. The number of pyridine rings is 1. The first-order valence-electron chi connectivity index (χ1n) is 7.88. The molecule has 1 atom stereocenters. The van der Waals surface area contributed by atoms with E-state index in [2.05, 4.69) is 25.5 Å². The average Bonchev–Trinajstić information content (AvgIpc) is 3.12. The zero-order valence-corrected chi connectivity index (χ0v) is 13.4. The Morgan fingerprint density at radius 3 is 2.79 bits per heavy atom. The number of hydrogen-bond donors (Lipinski definition) is 2. The third-order valence-corrected chi connectivity index (χ3v) is 3.69. The molecule has 0 fully saturated rings. The van der Waals surface area contributed by atoms with Gasteiger partial charge in [-0.3, -0.25) is 14.9 Å². The number of benzene rings is 1. The number of amides is 1. The molecule has 1 unspecified atom stereocenters. The van der Waals surface area contributed by atoms with Crippen molar-refractivity contribution in [1.29, 1.82) is 0 Å². The monoisotopic (exact) mass is 321 g/mol. The molecule has 0 saturated carbocycles. The summed E-state index contributed by atoms with van der Waals surface area (Å²) in [7, 11) is 0. The van der Waals surface area contributed by atoms with Crippen molar-refractivity contribution in [3.63, 3.8) is 0 Å². The number of hydrogen-bond acceptors (Lipinski definition) is 4. The maximum absolute atomic E-state index is 12.1. The minimum Gasteiger partial charge on any atom is -0.346 e. The summed E-state index contributed by atoms with van der Waals surface area (Å²) < 4.78 is 0. The lowest BCUT2D eigenvalue weighted by molar-refractivity contribution is -0.121. The van der Waals surface area contributed by atoms with E-state index < -0.39 is 0 Å². The number of nitrogens with one attached hydrogen (secondary N) is 2. The molecule has 2 N–H and O–H groups in total. The number of aromatic amines is 1. The van der Waals surface area contributed by atoms with Crippen molar-refractivity contribution in [3.8, 4) is 11.4 Å². The molecule has 1 amide bonds. The summed E-state index contributed by atoms with van der Waals surface area (Å²) in [5.41, 5.74) is 1.99. The molecule has 1 aromatic carbocycles. The Morgan fingerprint density at radius 2 is 2.04 bits per heavy atom. The van der Waals surface area contributed by atoms with Gasteiger partial charge in [0.25, 0.3) is 0 Å². The van der Waals surface area contributed by atoms with Crippen molar-refractivity contribution in [2.45, 2.75) is 25.8 Å². The van der Waals surface area contributed by atoms with Crippen LogP contribution in [0.1, 0.15) is 30.8 Å². The minimum atomic E-state index is -0.230. The van der Waals surface area contributed by atoms with Crippen LogP contribution in [0.15, 0.2) is 54.9 Å². The Bertz CT molecular complexity index is 785. The molecule has 0 aliphatic heterocycles. The van der Waals surface area contributed by atoms with Crippen LogP contribution in [0.25, 0.3) is 11.4 Å². The Hall–Kier alpha value is -3.02. The Kier molecular flexibility index (Phi) is 4.96. The van der Waals surface area contributed by atoms with E-state index in [4.69, 9.17) is 0 Å². The summed E-state index contributed by atoms with van der Waals surface area (Å²) >= 11 is 0. The molecule has 0 aliphatic carbocycles. The van der Waals surface area contributed by atoms with Gasteiger partial charge in [0.2, 0.25) is 5.91 Å². The van der Waals surface area contributed by atoms with Crippen LogP contribution < -0.4 is 5.32 Å². The number of carbonyl (C=O) groups is 1. The van der Waals surface area contributed by atoms with E-state index in [0.29, 0.717) is 18.1 Å². The number of aromatic nitrogens is 4. The normalized spacial score (nSPS) is 11.9. The van der Waals surface area contributed by atoms with Crippen LogP contribution >= 0.6 is 0 Å². The minimum absolute atomic E-state index is 0.00863. The molecular weight excluding hydrogens is 302 g/mol. The van der Waals surface area contributed by atoms with Gasteiger partial charge < -0.3 is 5.32 Å². The zero-order chi connectivity index (χ0) is 16.8. The fraction of sp³-hybridized carbons (Fsp3) is 0.222. The lowest BCUT2D eigenvalue weighted by Gasteiger charge is -2.10. The van der Waals surface area contributed by atoms with Gasteiger partial charge >= 0.3 is 0 Å². The number of H-pyrrole nitrogens is 1. The highest BCUT2D eigenvalue weighted by molar-refractivity contribution is 5.76. The summed E-state index contributed by atoms with van der Waals surface area (Å²) in [6, 6.07) is 13.5. The molecule has 0 spiro atoms. The highest BCUT2D eigenvalue weighted by Gasteiger charge is 2.14. The molecule has 3 aromatic rings. The van der Waals surface area contributed by atoms with E-state index in [9.17, 15) is 4.79 Å². The van der Waals surface area contributed by atoms with Crippen molar-refractivity contribution in [3.05, 3.63) is 66.2 Å². The topological polar surface area (TPSA) is 83.6 Å². The molecule has 0 radical (unpaired) electrons. The van der Waals surface area contributed by atoms with E-state index in [1.807, 2.05) is 49.4 Å². The molecule has 0 aliphatic rings. The van der Waals surface area contributed by atoms with Crippen molar-refractivity contribution in [2.24, 2.45) is 0 Å². The van der Waals surface area contributed by atoms with Gasteiger partial charge in [0.05, 0.1) is 6.04 Å². The third kappa shape index (κ3) is 4.04. The maximum atomic E-state index is 12.1. The van der Waals surface area contributed by atoms with Gasteiger partial charge in [-0.25, -0.2) is 4.98 Å². The van der Waals surface area contributed by atoms with E-state index >= 15 is 0 Å². The molecule has 6 nitrogen and oxygen atoms in total. The molecule has 2 aromatic heterocycles. The molecule has 0 bridgehead atoms. The Labute approximate surface area is 140 Å². The van der Waals surface area contributed by atoms with Crippen molar-refractivity contribution in [2.75, 3.05) is 0 Å². The highest BCUT2D eigenvalue weighted by atomic mass is 16.1. The van der Waals surface area contributed by atoms with Gasteiger partial charge in [-0.2, -0.15) is 5.10 Å². The molecule has 0 saturated heterocycles. The van der Waals surface area contributed by atoms with Crippen LogP contribution in [0.2, 0.25) is 0 Å². The second-order valence-corrected chi connectivity index (χ2v) is 5.56. The van der Waals surface area contributed by atoms with Crippen molar-refractivity contribution >= 4 is 5.91 Å². The van der Waals surface area contributed by atoms with Crippen LogP contribution in [0.4, 0.5) is 0 Å². The molecule has 24 heavy (non-hydrogen) atoms. The van der Waals surface area contributed by atoms with Gasteiger partial charge in [-0.15, -0.1) is 0 Å². The van der Waals surface area contributed by atoms with E-state index in [1.165, 1.54) is 0 Å². The van der Waals surface area contributed by atoms with E-state index in [1.54, 1.807) is 12.4 Å².